The summed E-state index contributed by atoms with van der Waals surface area (Å²) in [7, 11) is 0. The predicted molar refractivity (Wildman–Crippen MR) is 252 cm³/mol. The maximum atomic E-state index is 12.1. The van der Waals surface area contributed by atoms with Gasteiger partial charge in [-0.1, -0.05) is 32.4 Å². The fraction of sp³-hybridized carbons (Fsp3) is 0.922. The molecule has 0 radical (unpaired) electrons. The lowest BCUT2D eigenvalue weighted by molar-refractivity contribution is -0.397. The first kappa shape index (κ1) is 58.0. The van der Waals surface area contributed by atoms with E-state index in [1.165, 1.54) is 5.57 Å². The van der Waals surface area contributed by atoms with Crippen LogP contribution in [0.3, 0.4) is 0 Å². The maximum Gasteiger partial charge on any atom is 0.187 e. The van der Waals surface area contributed by atoms with Crippen LogP contribution in [0.15, 0.2) is 23.0 Å². The molecule has 30 atom stereocenters. The minimum Gasteiger partial charge on any atom is -0.494 e. The van der Waals surface area contributed by atoms with Crippen molar-refractivity contribution in [3.63, 3.8) is 0 Å². The van der Waals surface area contributed by atoms with Gasteiger partial charge in [0.25, 0.3) is 0 Å². The van der Waals surface area contributed by atoms with Crippen LogP contribution in [0.5, 0.6) is 0 Å². The highest BCUT2D eigenvalue weighted by atomic mass is 16.8. The van der Waals surface area contributed by atoms with Gasteiger partial charge in [0.2, 0.25) is 0 Å². The van der Waals surface area contributed by atoms with Gasteiger partial charge in [0.15, 0.2) is 25.2 Å². The van der Waals surface area contributed by atoms with Gasteiger partial charge in [0.05, 0.1) is 51.0 Å². The SMILES string of the molecule is CC1=C(CC[C@H](C)CO[C@@H]2O[C@H](CO)[C@@H](O)[C@H](O)[C@H]2O)O[C@H]2C[C@H]3[C@@H]4CC=C5C[C@@H](O[C@@H]6O[C@H](CO)[C@@H](O)[C@H](O)[C@H]6O[C@@H]6O[C@H](CO)[C@@H](O)[C@H](O)[C@H]6O[C@@H]6O[C@H](CO)[C@@H](O)[C@H](O)[C@H]6O)[C@H](O)C[C@]5(C)[C@H]4CC[C@]3(C)[C@@H]12. The topological polar surface area (TPSA) is 387 Å². The van der Waals surface area contributed by atoms with E-state index in [1.807, 2.05) is 6.92 Å². The van der Waals surface area contributed by atoms with Crippen molar-refractivity contribution in [1.82, 2.24) is 0 Å². The molecule has 15 N–H and O–H groups in total. The fourth-order valence-electron chi connectivity index (χ4n) is 14.6. The van der Waals surface area contributed by atoms with Gasteiger partial charge in [-0.15, -0.1) is 0 Å². The van der Waals surface area contributed by atoms with E-state index in [2.05, 4.69) is 26.8 Å². The monoisotopic (exact) mass is 1080 g/mol. The summed E-state index contributed by atoms with van der Waals surface area (Å²) in [4.78, 5) is 0. The molecule has 0 amide bonds. The first-order valence-electron chi connectivity index (χ1n) is 26.8. The molecular weight excluding hydrogens is 997 g/mol. The molecule has 75 heavy (non-hydrogen) atoms. The molecule has 0 spiro atoms. The molecule has 0 bridgehead atoms. The molecule has 3 saturated carbocycles. The number of allylic oxidation sites excluding steroid dienone is 2. The Labute approximate surface area is 434 Å². The Hall–Kier alpha value is -1.64. The highest BCUT2D eigenvalue weighted by molar-refractivity contribution is 5.30. The van der Waals surface area contributed by atoms with Gasteiger partial charge in [-0.2, -0.15) is 0 Å². The lowest BCUT2D eigenvalue weighted by Gasteiger charge is -2.59. The third-order valence-corrected chi connectivity index (χ3v) is 19.0. The van der Waals surface area contributed by atoms with Crippen LogP contribution in [0.1, 0.15) is 79.1 Å². The highest BCUT2D eigenvalue weighted by Crippen LogP contribution is 2.69. The molecule has 0 unspecified atom stereocenters. The van der Waals surface area contributed by atoms with E-state index in [0.29, 0.717) is 24.7 Å². The largest absolute Gasteiger partial charge is 0.494 e. The molecule has 5 aliphatic heterocycles. The van der Waals surface area contributed by atoms with E-state index in [1.54, 1.807) is 0 Å². The quantitative estimate of drug-likeness (QED) is 0.0653. The minimum atomic E-state index is -1.95. The van der Waals surface area contributed by atoms with Crippen molar-refractivity contribution in [3.8, 4) is 0 Å². The lowest BCUT2D eigenvalue weighted by Crippen LogP contribution is -2.67. The summed E-state index contributed by atoms with van der Waals surface area (Å²) < 4.78 is 53.9. The molecule has 9 rings (SSSR count). The second-order valence-electron chi connectivity index (χ2n) is 23.4. The standard InChI is InChI=1S/C51H82O24/c1-19(18-67-46-42(65)38(61)34(57)29(14-52)70-46)5-8-26-20(2)33-28(68-26)12-24-22-7-6-21-11-27(25(56)13-51(21,4)23(22)9-10-50(24,33)3)69-48-44(40(63)36(59)31(16-54)72-48)75-49-45(41(64)37(60)32(17-55)73-49)74-47-43(66)39(62)35(58)30(15-53)71-47/h6,19,22-25,27-49,52-66H,5,7-18H2,1-4H3/t19-,22+,23-,24-,25+,27+,28-,29+,30+,31+,32+,33-,34+,35+,36+,37+,38-,39-,40-,41-,42+,43+,44+,45+,46+,47-,48+,49-,50-,51-/m0/s1. The van der Waals surface area contributed by atoms with E-state index >= 15 is 0 Å². The molecule has 4 aliphatic carbocycles. The van der Waals surface area contributed by atoms with Crippen molar-refractivity contribution in [1.29, 1.82) is 0 Å². The Kier molecular flexibility index (Phi) is 17.9. The number of aliphatic hydroxyl groups excluding tert-OH is 15. The molecule has 4 saturated heterocycles. The zero-order chi connectivity index (χ0) is 54.2. The molecule has 9 aliphatic rings. The average molecular weight is 1080 g/mol. The normalized spacial score (nSPS) is 52.3. The molecule has 0 aromatic heterocycles. The Morgan fingerprint density at radius 1 is 0.627 bits per heavy atom. The summed E-state index contributed by atoms with van der Waals surface area (Å²) in [6.45, 7) is 6.09. The first-order chi connectivity index (χ1) is 35.6. The molecule has 0 aromatic rings. The van der Waals surface area contributed by atoms with E-state index in [9.17, 15) is 76.6 Å². The maximum absolute atomic E-state index is 12.1. The summed E-state index contributed by atoms with van der Waals surface area (Å²) in [5.41, 5.74) is 1.93. The van der Waals surface area contributed by atoms with Crippen LogP contribution in [0, 0.1) is 40.4 Å². The second-order valence-corrected chi connectivity index (χ2v) is 23.4. The lowest BCUT2D eigenvalue weighted by atomic mass is 9.47. The molecule has 0 aromatic carbocycles. The van der Waals surface area contributed by atoms with Crippen molar-refractivity contribution >= 4 is 0 Å². The summed E-state index contributed by atoms with van der Waals surface area (Å²) in [6.07, 6.45) is -26.9. The molecular formula is C51H82O24. The molecule has 7 fully saturated rings. The van der Waals surface area contributed by atoms with Crippen molar-refractivity contribution in [3.05, 3.63) is 23.0 Å². The zero-order valence-electron chi connectivity index (χ0n) is 42.8. The van der Waals surface area contributed by atoms with Gasteiger partial charge >= 0.3 is 0 Å². The summed E-state index contributed by atoms with van der Waals surface area (Å²) in [5.74, 6) is 2.18. The molecule has 24 nitrogen and oxygen atoms in total. The third kappa shape index (κ3) is 10.5. The number of rotatable bonds is 16. The van der Waals surface area contributed by atoms with E-state index in [0.717, 1.165) is 43.4 Å². The van der Waals surface area contributed by atoms with Crippen molar-refractivity contribution in [2.75, 3.05) is 33.0 Å². The van der Waals surface area contributed by atoms with Crippen LogP contribution < -0.4 is 0 Å². The van der Waals surface area contributed by atoms with Crippen molar-refractivity contribution in [2.24, 2.45) is 40.4 Å². The highest BCUT2D eigenvalue weighted by Gasteiger charge is 2.65. The Morgan fingerprint density at radius 2 is 1.13 bits per heavy atom. The van der Waals surface area contributed by atoms with Gasteiger partial charge < -0.3 is 119 Å². The number of ether oxygens (including phenoxy) is 9. The Balaban J connectivity index is 0.860. The summed E-state index contributed by atoms with van der Waals surface area (Å²) in [5, 5.41) is 159. The van der Waals surface area contributed by atoms with Crippen LogP contribution in [0.2, 0.25) is 0 Å². The predicted octanol–water partition coefficient (Wildman–Crippen LogP) is -4.11. The van der Waals surface area contributed by atoms with Gasteiger partial charge in [0, 0.05) is 12.3 Å². The van der Waals surface area contributed by atoms with E-state index < -0.39 is 167 Å². The van der Waals surface area contributed by atoms with E-state index in [4.69, 9.17) is 42.6 Å². The van der Waals surface area contributed by atoms with Crippen LogP contribution in [-0.4, -0.2) is 251 Å². The number of hydrogen-bond donors (Lipinski definition) is 15. The average Bonchev–Trinajstić information content (AvgIpc) is 3.92. The smallest absolute Gasteiger partial charge is 0.187 e. The summed E-state index contributed by atoms with van der Waals surface area (Å²) >= 11 is 0. The van der Waals surface area contributed by atoms with Gasteiger partial charge in [-0.05, 0) is 91.9 Å². The van der Waals surface area contributed by atoms with Crippen molar-refractivity contribution in [2.45, 2.75) is 220 Å². The Morgan fingerprint density at radius 3 is 1.71 bits per heavy atom. The Bertz CT molecular complexity index is 1990. The fourth-order valence-corrected chi connectivity index (χ4v) is 14.6. The number of fused-ring (bicyclic) bond motifs is 7. The van der Waals surface area contributed by atoms with Gasteiger partial charge in [-0.25, -0.2) is 0 Å². The molecule has 24 heteroatoms. The summed E-state index contributed by atoms with van der Waals surface area (Å²) in [6, 6.07) is 0. The van der Waals surface area contributed by atoms with Crippen LogP contribution in [-0.2, 0) is 42.6 Å². The first-order valence-corrected chi connectivity index (χ1v) is 26.8. The minimum absolute atomic E-state index is 0.0234. The van der Waals surface area contributed by atoms with Crippen LogP contribution in [0.25, 0.3) is 0 Å². The van der Waals surface area contributed by atoms with E-state index in [-0.39, 0.29) is 42.3 Å². The zero-order valence-corrected chi connectivity index (χ0v) is 42.8. The molecule has 5 heterocycles. The second kappa shape index (κ2) is 23.1. The number of aliphatic hydroxyl groups is 15. The van der Waals surface area contributed by atoms with Gasteiger partial charge in [-0.3, -0.25) is 0 Å². The van der Waals surface area contributed by atoms with Crippen molar-refractivity contribution < 1.29 is 119 Å². The molecule has 430 valence electrons. The van der Waals surface area contributed by atoms with Gasteiger partial charge in [0.1, 0.15) is 104 Å². The van der Waals surface area contributed by atoms with Crippen LogP contribution in [0.4, 0.5) is 0 Å². The number of hydrogen-bond acceptors (Lipinski definition) is 24. The van der Waals surface area contributed by atoms with Crippen LogP contribution >= 0.6 is 0 Å². The third-order valence-electron chi connectivity index (χ3n) is 19.0.